The highest BCUT2D eigenvalue weighted by molar-refractivity contribution is 8.00. The Bertz CT molecular complexity index is 689. The van der Waals surface area contributed by atoms with Gasteiger partial charge in [0.05, 0.1) is 12.3 Å². The first-order valence-corrected chi connectivity index (χ1v) is 10.1. The molecule has 0 saturated heterocycles. The van der Waals surface area contributed by atoms with Gasteiger partial charge in [-0.1, -0.05) is 31.5 Å². The molecule has 2 amide bonds. The van der Waals surface area contributed by atoms with Crippen molar-refractivity contribution in [2.24, 2.45) is 0 Å². The second-order valence-corrected chi connectivity index (χ2v) is 7.88. The number of carbonyl (C=O) groups is 2. The molecule has 0 spiro atoms. The van der Waals surface area contributed by atoms with E-state index in [0.717, 1.165) is 22.6 Å². The summed E-state index contributed by atoms with van der Waals surface area (Å²) in [6.07, 6.45) is 3.57. The van der Waals surface area contributed by atoms with Crippen molar-refractivity contribution in [2.75, 3.05) is 24.2 Å². The Balaban J connectivity index is 1.89. The highest BCUT2D eigenvalue weighted by atomic mass is 32.2. The Hall–Kier alpha value is -1.86. The Labute approximate surface area is 156 Å². The van der Waals surface area contributed by atoms with Crippen molar-refractivity contribution in [1.82, 2.24) is 9.88 Å². The summed E-state index contributed by atoms with van der Waals surface area (Å²) in [7, 11) is 0. The van der Waals surface area contributed by atoms with Crippen LogP contribution in [0.1, 0.15) is 24.6 Å². The van der Waals surface area contributed by atoms with Gasteiger partial charge in [-0.2, -0.15) is 0 Å². The molecule has 0 atom stereocenters. The second kappa shape index (κ2) is 10.2. The van der Waals surface area contributed by atoms with Crippen molar-refractivity contribution in [1.29, 1.82) is 0 Å². The molecule has 0 aliphatic heterocycles. The van der Waals surface area contributed by atoms with Crippen LogP contribution in [-0.2, 0) is 9.59 Å². The van der Waals surface area contributed by atoms with Crippen LogP contribution in [0.25, 0.3) is 0 Å². The van der Waals surface area contributed by atoms with Gasteiger partial charge in [-0.3, -0.25) is 9.59 Å². The average molecular weight is 378 g/mol. The molecule has 0 saturated carbocycles. The smallest absolute Gasteiger partial charge is 0.245 e. The van der Waals surface area contributed by atoms with Crippen molar-refractivity contribution in [3.05, 3.63) is 41.4 Å². The quantitative estimate of drug-likeness (QED) is 0.675. The molecule has 1 N–H and O–H groups in total. The fourth-order valence-corrected chi connectivity index (χ4v) is 3.64. The summed E-state index contributed by atoms with van der Waals surface area (Å²) in [6.45, 7) is 4.66. The molecule has 0 bridgehead atoms. The van der Waals surface area contributed by atoms with E-state index < -0.39 is 0 Å². The minimum atomic E-state index is -0.205. The summed E-state index contributed by atoms with van der Waals surface area (Å²) in [6, 6.07) is 9.80. The van der Waals surface area contributed by atoms with Crippen LogP contribution in [-0.4, -0.2) is 40.5 Å². The van der Waals surface area contributed by atoms with E-state index in [2.05, 4.69) is 17.2 Å². The third kappa shape index (κ3) is 6.88. The fraction of sp³-hybridized carbons (Fsp3) is 0.389. The van der Waals surface area contributed by atoms with Gasteiger partial charge in [-0.15, -0.1) is 23.1 Å². The maximum absolute atomic E-state index is 12.5. The molecule has 7 heteroatoms. The Morgan fingerprint density at radius 1 is 1.28 bits per heavy atom. The number of amides is 2. The summed E-state index contributed by atoms with van der Waals surface area (Å²) in [5, 5.41) is 3.34. The van der Waals surface area contributed by atoms with E-state index in [-0.39, 0.29) is 18.4 Å². The Morgan fingerprint density at radius 3 is 2.68 bits per heavy atom. The molecule has 25 heavy (non-hydrogen) atoms. The molecular weight excluding hydrogens is 354 g/mol. The summed E-state index contributed by atoms with van der Waals surface area (Å²) < 4.78 is 0. The predicted octanol–water partition coefficient (Wildman–Crippen LogP) is 3.81. The lowest BCUT2D eigenvalue weighted by molar-refractivity contribution is -0.132. The lowest BCUT2D eigenvalue weighted by atomic mass is 10.3. The van der Waals surface area contributed by atoms with E-state index in [1.54, 1.807) is 11.1 Å². The van der Waals surface area contributed by atoms with Gasteiger partial charge in [0.1, 0.15) is 0 Å². The average Bonchev–Trinajstić information content (AvgIpc) is 3.02. The number of anilines is 1. The van der Waals surface area contributed by atoms with Crippen molar-refractivity contribution in [3.8, 4) is 0 Å². The molecule has 0 aliphatic rings. The van der Waals surface area contributed by atoms with Gasteiger partial charge in [0.2, 0.25) is 11.8 Å². The number of hydrogen-bond donors (Lipinski definition) is 1. The number of carbonyl (C=O) groups excluding carboxylic acids is 2. The zero-order valence-corrected chi connectivity index (χ0v) is 16.2. The molecule has 1 aromatic carbocycles. The van der Waals surface area contributed by atoms with Gasteiger partial charge >= 0.3 is 0 Å². The number of rotatable bonds is 9. The molecular formula is C18H23N3O2S2. The van der Waals surface area contributed by atoms with Crippen molar-refractivity contribution in [2.45, 2.75) is 31.6 Å². The molecule has 2 rings (SSSR count). The van der Waals surface area contributed by atoms with Crippen LogP contribution in [0, 0.1) is 6.92 Å². The summed E-state index contributed by atoms with van der Waals surface area (Å²) in [4.78, 5) is 32.6. The predicted molar refractivity (Wildman–Crippen MR) is 104 cm³/mol. The van der Waals surface area contributed by atoms with Gasteiger partial charge in [-0.25, -0.2) is 4.98 Å². The molecule has 1 aromatic heterocycles. The number of benzene rings is 1. The molecule has 1 heterocycles. The number of nitrogens with one attached hydrogen (secondary N) is 1. The van der Waals surface area contributed by atoms with Crippen molar-refractivity contribution in [3.63, 3.8) is 0 Å². The van der Waals surface area contributed by atoms with Crippen LogP contribution in [0.3, 0.4) is 0 Å². The number of aromatic nitrogens is 1. The van der Waals surface area contributed by atoms with E-state index >= 15 is 0 Å². The van der Waals surface area contributed by atoms with Gasteiger partial charge in [0, 0.05) is 22.5 Å². The highest BCUT2D eigenvalue weighted by Gasteiger charge is 2.17. The van der Waals surface area contributed by atoms with E-state index in [0.29, 0.717) is 17.4 Å². The number of thioether (sulfide) groups is 1. The van der Waals surface area contributed by atoms with Crippen LogP contribution in [0.15, 0.2) is 41.4 Å². The van der Waals surface area contributed by atoms with E-state index in [4.69, 9.17) is 0 Å². The van der Waals surface area contributed by atoms with E-state index in [1.165, 1.54) is 23.1 Å². The molecule has 134 valence electrons. The van der Waals surface area contributed by atoms with Crippen LogP contribution in [0.5, 0.6) is 0 Å². The van der Waals surface area contributed by atoms with Crippen molar-refractivity contribution >= 4 is 40.0 Å². The lowest BCUT2D eigenvalue weighted by Crippen LogP contribution is -2.39. The second-order valence-electron chi connectivity index (χ2n) is 5.59. The van der Waals surface area contributed by atoms with Crippen LogP contribution < -0.4 is 5.32 Å². The molecule has 5 nitrogen and oxygen atoms in total. The standard InChI is InChI=1S/C18H23N3O2S2/c1-3-4-10-21(12-16(22)20-18-19-11-14(2)25-18)17(23)13-24-15-8-6-5-7-9-15/h5-9,11H,3-4,10,12-13H2,1-2H3,(H,19,20,22). The maximum atomic E-state index is 12.5. The number of nitrogens with zero attached hydrogens (tertiary/aromatic N) is 2. The largest absolute Gasteiger partial charge is 0.333 e. The fourth-order valence-electron chi connectivity index (χ4n) is 2.14. The third-order valence-electron chi connectivity index (χ3n) is 3.44. The number of aryl methyl sites for hydroxylation is 1. The molecule has 2 aromatic rings. The molecule has 0 unspecified atom stereocenters. The molecule has 0 radical (unpaired) electrons. The van der Waals surface area contributed by atoms with Gasteiger partial charge in [0.15, 0.2) is 5.13 Å². The van der Waals surface area contributed by atoms with Crippen LogP contribution in [0.2, 0.25) is 0 Å². The Morgan fingerprint density at radius 2 is 2.04 bits per heavy atom. The number of unbranched alkanes of at least 4 members (excludes halogenated alkanes) is 1. The molecule has 0 aliphatic carbocycles. The third-order valence-corrected chi connectivity index (χ3v) is 5.27. The number of hydrogen-bond acceptors (Lipinski definition) is 5. The highest BCUT2D eigenvalue weighted by Crippen LogP contribution is 2.18. The SMILES string of the molecule is CCCCN(CC(=O)Nc1ncc(C)s1)C(=O)CSc1ccccc1. The molecule has 0 fully saturated rings. The maximum Gasteiger partial charge on any atom is 0.245 e. The summed E-state index contributed by atoms with van der Waals surface area (Å²) >= 11 is 2.92. The zero-order chi connectivity index (χ0) is 18.1. The van der Waals surface area contributed by atoms with Crippen LogP contribution in [0.4, 0.5) is 5.13 Å². The first-order valence-electron chi connectivity index (χ1n) is 8.26. The lowest BCUT2D eigenvalue weighted by Gasteiger charge is -2.21. The minimum absolute atomic E-state index is 0.0206. The minimum Gasteiger partial charge on any atom is -0.333 e. The monoisotopic (exact) mass is 377 g/mol. The zero-order valence-electron chi connectivity index (χ0n) is 14.5. The van der Waals surface area contributed by atoms with Crippen LogP contribution >= 0.6 is 23.1 Å². The normalized spacial score (nSPS) is 10.5. The first-order chi connectivity index (χ1) is 12.1. The van der Waals surface area contributed by atoms with Gasteiger partial charge < -0.3 is 10.2 Å². The summed E-state index contributed by atoms with van der Waals surface area (Å²) in [5.41, 5.74) is 0. The van der Waals surface area contributed by atoms with E-state index in [9.17, 15) is 9.59 Å². The summed E-state index contributed by atoms with van der Waals surface area (Å²) in [5.74, 6) is 0.105. The first kappa shape index (κ1) is 19.5. The van der Waals surface area contributed by atoms with E-state index in [1.807, 2.05) is 37.3 Å². The van der Waals surface area contributed by atoms with Crippen molar-refractivity contribution < 1.29 is 9.59 Å². The number of thiazole rings is 1. The van der Waals surface area contributed by atoms with Gasteiger partial charge in [-0.05, 0) is 25.5 Å². The van der Waals surface area contributed by atoms with Gasteiger partial charge in [0.25, 0.3) is 0 Å². The topological polar surface area (TPSA) is 62.3 Å². The Kier molecular flexibility index (Phi) is 7.94.